The molecular formula is C21H29ClS. The van der Waals surface area contributed by atoms with Crippen LogP contribution >= 0.6 is 19.9 Å². The van der Waals surface area contributed by atoms with Crippen molar-refractivity contribution < 1.29 is 0 Å². The second-order valence-electron chi connectivity index (χ2n) is 9.01. The highest BCUT2D eigenvalue weighted by Gasteiger charge is 2.41. The molecule has 0 saturated heterocycles. The van der Waals surface area contributed by atoms with Crippen LogP contribution in [0.4, 0.5) is 0 Å². The van der Waals surface area contributed by atoms with Crippen molar-refractivity contribution in [1.29, 1.82) is 0 Å². The van der Waals surface area contributed by atoms with Gasteiger partial charge >= 0.3 is 0 Å². The molecule has 1 atom stereocenters. The van der Waals surface area contributed by atoms with Crippen molar-refractivity contribution >= 4 is 26.0 Å². The third kappa shape index (κ3) is 2.42. The van der Waals surface area contributed by atoms with Gasteiger partial charge in [-0.1, -0.05) is 36.2 Å². The van der Waals surface area contributed by atoms with Crippen molar-refractivity contribution in [2.24, 2.45) is 5.41 Å². The molecule has 0 saturated carbocycles. The standard InChI is InChI=1S/C21H29ClS/c1-13-10-16-14-8-6-7-9-15(14)17-11-21(2,3)12-18(17)19(16)20(13)23(4,5)22/h10,20H,6-9,11-12H2,1-5H3. The summed E-state index contributed by atoms with van der Waals surface area (Å²) in [6.45, 7) is 7.19. The van der Waals surface area contributed by atoms with Gasteiger partial charge < -0.3 is 0 Å². The summed E-state index contributed by atoms with van der Waals surface area (Å²) in [5.74, 6) is 0. The first-order valence-electron chi connectivity index (χ1n) is 8.98. The molecule has 23 heavy (non-hydrogen) atoms. The smallest absolute Gasteiger partial charge is 0.0477 e. The van der Waals surface area contributed by atoms with Crippen LogP contribution in [0, 0.1) is 5.41 Å². The van der Waals surface area contributed by atoms with Crippen molar-refractivity contribution in [3.63, 3.8) is 0 Å². The fraction of sp³-hybridized carbons (Fsp3) is 0.619. The molecule has 0 N–H and O–H groups in total. The van der Waals surface area contributed by atoms with Crippen LogP contribution in [-0.4, -0.2) is 12.5 Å². The predicted molar refractivity (Wildman–Crippen MR) is 106 cm³/mol. The van der Waals surface area contributed by atoms with Gasteiger partial charge in [0.05, 0.1) is 0 Å². The molecule has 2 heteroatoms. The molecular weight excluding hydrogens is 320 g/mol. The van der Waals surface area contributed by atoms with Gasteiger partial charge in [-0.3, -0.25) is 0 Å². The number of rotatable bonds is 1. The van der Waals surface area contributed by atoms with Crippen molar-refractivity contribution in [3.8, 4) is 0 Å². The minimum absolute atomic E-state index is 0.412. The molecule has 0 heterocycles. The largest absolute Gasteiger partial charge is 0.158 e. The lowest BCUT2D eigenvalue weighted by atomic mass is 9.81. The molecule has 1 unspecified atom stereocenters. The summed E-state index contributed by atoms with van der Waals surface area (Å²) >= 11 is 0. The Balaban J connectivity index is 2.01. The first-order chi connectivity index (χ1) is 10.7. The second-order valence-corrected chi connectivity index (χ2v) is 14.4. The van der Waals surface area contributed by atoms with Crippen molar-refractivity contribution in [2.75, 3.05) is 12.5 Å². The van der Waals surface area contributed by atoms with Gasteiger partial charge in [0.1, 0.15) is 0 Å². The third-order valence-electron chi connectivity index (χ3n) is 6.06. The van der Waals surface area contributed by atoms with Gasteiger partial charge in [-0.25, -0.2) is 0 Å². The summed E-state index contributed by atoms with van der Waals surface area (Å²) in [6.07, 6.45) is 14.9. The summed E-state index contributed by atoms with van der Waals surface area (Å²) in [5, 5.41) is 0.467. The molecule has 0 fully saturated rings. The first-order valence-corrected chi connectivity index (χ1v) is 12.3. The molecule has 0 amide bonds. The van der Waals surface area contributed by atoms with Crippen LogP contribution in [0.1, 0.15) is 72.2 Å². The van der Waals surface area contributed by atoms with Gasteiger partial charge in [-0.2, -0.15) is 9.24 Å². The number of hydrogen-bond acceptors (Lipinski definition) is 0. The van der Waals surface area contributed by atoms with E-state index in [1.807, 2.05) is 0 Å². The number of benzene rings is 1. The van der Waals surface area contributed by atoms with Crippen LogP contribution in [0.25, 0.3) is 6.08 Å². The van der Waals surface area contributed by atoms with E-state index in [0.717, 1.165) is 0 Å². The minimum Gasteiger partial charge on any atom is -0.158 e. The Labute approximate surface area is 147 Å². The van der Waals surface area contributed by atoms with Crippen LogP contribution < -0.4 is 0 Å². The fourth-order valence-electron chi connectivity index (χ4n) is 5.36. The molecule has 1 aromatic rings. The van der Waals surface area contributed by atoms with Crippen LogP contribution in [0.2, 0.25) is 0 Å². The lowest BCUT2D eigenvalue weighted by molar-refractivity contribution is 0.391. The quantitative estimate of drug-likeness (QED) is 0.553. The molecule has 0 aliphatic heterocycles. The Kier molecular flexibility index (Phi) is 3.53. The fourth-order valence-corrected chi connectivity index (χ4v) is 7.83. The monoisotopic (exact) mass is 348 g/mol. The Bertz CT molecular complexity index is 719. The Morgan fingerprint density at radius 3 is 2.26 bits per heavy atom. The highest BCUT2D eigenvalue weighted by molar-refractivity contribution is 8.50. The minimum atomic E-state index is -1.15. The lowest BCUT2D eigenvalue weighted by Crippen LogP contribution is -2.13. The van der Waals surface area contributed by atoms with E-state index in [0.29, 0.717) is 10.7 Å². The van der Waals surface area contributed by atoms with Crippen LogP contribution in [-0.2, 0) is 25.7 Å². The van der Waals surface area contributed by atoms with E-state index in [2.05, 4.69) is 39.4 Å². The Hall–Kier alpha value is -0.400. The van der Waals surface area contributed by atoms with Gasteiger partial charge in [0.2, 0.25) is 0 Å². The average Bonchev–Trinajstić information content (AvgIpc) is 2.94. The predicted octanol–water partition coefficient (Wildman–Crippen LogP) is 6.37. The van der Waals surface area contributed by atoms with E-state index >= 15 is 0 Å². The first kappa shape index (κ1) is 16.1. The summed E-state index contributed by atoms with van der Waals surface area (Å²) in [6, 6.07) is 0. The lowest BCUT2D eigenvalue weighted by Gasteiger charge is -2.35. The van der Waals surface area contributed by atoms with Crippen LogP contribution in [0.5, 0.6) is 0 Å². The van der Waals surface area contributed by atoms with Gasteiger partial charge in [-0.15, -0.1) is 0 Å². The maximum Gasteiger partial charge on any atom is 0.0477 e. The van der Waals surface area contributed by atoms with Crippen LogP contribution in [0.15, 0.2) is 5.57 Å². The Morgan fingerprint density at radius 2 is 1.61 bits per heavy atom. The molecule has 4 rings (SSSR count). The molecule has 0 radical (unpaired) electrons. The summed E-state index contributed by atoms with van der Waals surface area (Å²) in [4.78, 5) is 0. The van der Waals surface area contributed by atoms with Crippen molar-refractivity contribution in [3.05, 3.63) is 39.0 Å². The normalized spacial score (nSPS) is 25.7. The number of hydrogen-bond donors (Lipinski definition) is 0. The highest BCUT2D eigenvalue weighted by Crippen LogP contribution is 2.66. The van der Waals surface area contributed by atoms with Gasteiger partial charge in [0, 0.05) is 5.25 Å². The van der Waals surface area contributed by atoms with Crippen molar-refractivity contribution in [2.45, 2.75) is 64.5 Å². The van der Waals surface area contributed by atoms with E-state index in [1.54, 1.807) is 33.4 Å². The van der Waals surface area contributed by atoms with E-state index < -0.39 is 9.24 Å². The molecule has 0 aromatic heterocycles. The zero-order chi connectivity index (χ0) is 16.6. The SMILES string of the molecule is CC1=Cc2c3c(c4c(c2C1S(C)(C)Cl)CC(C)(C)C4)CCCC3. The van der Waals surface area contributed by atoms with Crippen molar-refractivity contribution in [1.82, 2.24) is 0 Å². The maximum absolute atomic E-state index is 6.96. The second kappa shape index (κ2) is 5.05. The van der Waals surface area contributed by atoms with Crippen LogP contribution in [0.3, 0.4) is 0 Å². The molecule has 1 aromatic carbocycles. The molecule has 0 spiro atoms. The van der Waals surface area contributed by atoms with E-state index in [9.17, 15) is 0 Å². The Morgan fingerprint density at radius 1 is 1.00 bits per heavy atom. The van der Waals surface area contributed by atoms with Gasteiger partial charge in [-0.05, 0) is 96.8 Å². The summed E-state index contributed by atoms with van der Waals surface area (Å²) < 4.78 is 0. The number of halogens is 1. The maximum atomic E-state index is 6.96. The molecule has 3 aliphatic rings. The van der Waals surface area contributed by atoms with E-state index in [1.165, 1.54) is 44.1 Å². The summed E-state index contributed by atoms with van der Waals surface area (Å²) in [7, 11) is 5.81. The van der Waals surface area contributed by atoms with Gasteiger partial charge in [0.15, 0.2) is 0 Å². The third-order valence-corrected chi connectivity index (χ3v) is 8.32. The molecule has 126 valence electrons. The average molecular weight is 349 g/mol. The highest BCUT2D eigenvalue weighted by atomic mass is 35.7. The molecule has 3 aliphatic carbocycles. The molecule has 0 nitrogen and oxygen atoms in total. The number of fused-ring (bicyclic) bond motifs is 6. The summed E-state index contributed by atoms with van der Waals surface area (Å²) in [5.41, 5.74) is 11.9. The topological polar surface area (TPSA) is 0 Å². The zero-order valence-electron chi connectivity index (χ0n) is 15.2. The molecule has 0 bridgehead atoms. The van der Waals surface area contributed by atoms with Gasteiger partial charge in [0.25, 0.3) is 0 Å². The van der Waals surface area contributed by atoms with E-state index in [-0.39, 0.29) is 0 Å². The zero-order valence-corrected chi connectivity index (χ0v) is 16.8. The van der Waals surface area contributed by atoms with E-state index in [4.69, 9.17) is 10.7 Å².